The molecule has 0 bridgehead atoms. The Morgan fingerprint density at radius 1 is 1.29 bits per heavy atom. The maximum atomic E-state index is 14.5. The molecule has 1 aliphatic heterocycles. The summed E-state index contributed by atoms with van der Waals surface area (Å²) in [6.45, 7) is 3.26. The number of carboxylic acids is 1. The Morgan fingerprint density at radius 3 is 2.25 bits per heavy atom. The smallest absolute Gasteiger partial charge is 0.429 e. The summed E-state index contributed by atoms with van der Waals surface area (Å²) in [5.74, 6) is -1.14. The van der Waals surface area contributed by atoms with Crippen LogP contribution in [0.5, 0.6) is 0 Å². The zero-order chi connectivity index (χ0) is 18.1. The van der Waals surface area contributed by atoms with Crippen molar-refractivity contribution in [3.8, 4) is 0 Å². The van der Waals surface area contributed by atoms with Gasteiger partial charge in [-0.15, -0.1) is 4.31 Å². The van der Waals surface area contributed by atoms with Gasteiger partial charge < -0.3 is 9.66 Å². The van der Waals surface area contributed by atoms with E-state index in [-0.39, 0.29) is 37.3 Å². The second kappa shape index (κ2) is 7.16. The van der Waals surface area contributed by atoms with Crippen LogP contribution in [0.2, 0.25) is 0 Å². The molecular weight excluding hydrogens is 340 g/mol. The first-order chi connectivity index (χ1) is 11.1. The third-order valence-electron chi connectivity index (χ3n) is 4.10. The Kier molecular flexibility index (Phi) is 5.62. The van der Waals surface area contributed by atoms with Crippen LogP contribution in [0.1, 0.15) is 39.9 Å². The van der Waals surface area contributed by atoms with Crippen molar-refractivity contribution in [3.05, 3.63) is 34.4 Å². The molecule has 1 atom stereocenters. The summed E-state index contributed by atoms with van der Waals surface area (Å²) >= 11 is -2.53. The van der Waals surface area contributed by atoms with E-state index in [1.165, 1.54) is 12.1 Å². The molecule has 1 aromatic rings. The van der Waals surface area contributed by atoms with Crippen LogP contribution < -0.4 is 0 Å². The number of hydrogen-bond donors (Lipinski definition) is 1. The predicted molar refractivity (Wildman–Crippen MR) is 85.5 cm³/mol. The minimum absolute atomic E-state index is 0.0116. The van der Waals surface area contributed by atoms with Crippen molar-refractivity contribution in [1.29, 1.82) is 0 Å². The van der Waals surface area contributed by atoms with E-state index in [2.05, 4.69) is 0 Å². The van der Waals surface area contributed by atoms with E-state index in [4.69, 9.17) is 5.11 Å². The zero-order valence-electron chi connectivity index (χ0n) is 13.5. The average molecular weight is 359 g/mol. The topological polar surface area (TPSA) is 80.7 Å². The van der Waals surface area contributed by atoms with Crippen molar-refractivity contribution in [3.63, 3.8) is 0 Å². The van der Waals surface area contributed by atoms with Gasteiger partial charge in [0.2, 0.25) is 0 Å². The maximum Gasteiger partial charge on any atom is 0.429 e. The number of alkyl halides is 2. The number of benzene rings is 1. The van der Waals surface area contributed by atoms with Crippen LogP contribution in [0.3, 0.4) is 0 Å². The summed E-state index contributed by atoms with van der Waals surface area (Å²) in [6.07, 6.45) is -0.470. The molecule has 2 rings (SSSR count). The van der Waals surface area contributed by atoms with Crippen molar-refractivity contribution in [2.75, 3.05) is 13.1 Å². The monoisotopic (exact) mass is 359 g/mol. The SMILES string of the molecule is Cc1cc(C(=O)O)cc(C)c1CC(F)(F)[S@+]([O-])N1CCC(=O)CC1. The molecule has 1 saturated heterocycles. The third kappa shape index (κ3) is 4.12. The number of aryl methyl sites for hydroxylation is 2. The Morgan fingerprint density at radius 2 is 1.79 bits per heavy atom. The molecule has 0 aliphatic carbocycles. The maximum absolute atomic E-state index is 14.5. The Bertz CT molecular complexity index is 632. The molecule has 0 spiro atoms. The molecule has 1 fully saturated rings. The minimum atomic E-state index is -3.49. The fraction of sp³-hybridized carbons (Fsp3) is 0.500. The highest BCUT2D eigenvalue weighted by molar-refractivity contribution is 7.90. The number of piperidine rings is 1. The standard InChI is InChI=1S/C16H19F2NO4S/c1-10-7-12(15(21)22)8-11(2)14(10)9-16(17,18)24(23)19-5-3-13(20)4-6-19/h7-8H,3-6,9H2,1-2H3,(H,21,22)/t24-/m0/s1. The number of hydrogen-bond acceptors (Lipinski definition) is 4. The molecule has 0 radical (unpaired) electrons. The highest BCUT2D eigenvalue weighted by atomic mass is 32.2. The molecule has 1 N–H and O–H groups in total. The molecular formula is C16H19F2NO4S. The normalized spacial score (nSPS) is 17.8. The van der Waals surface area contributed by atoms with Crippen molar-refractivity contribution in [1.82, 2.24) is 4.31 Å². The Labute approximate surface area is 142 Å². The molecule has 1 aromatic carbocycles. The summed E-state index contributed by atoms with van der Waals surface area (Å²) in [7, 11) is 0. The summed E-state index contributed by atoms with van der Waals surface area (Å²) in [5.41, 5.74) is 1.19. The van der Waals surface area contributed by atoms with E-state index in [1.54, 1.807) is 13.8 Å². The first-order valence-electron chi connectivity index (χ1n) is 7.51. The minimum Gasteiger partial charge on any atom is -0.593 e. The first-order valence-corrected chi connectivity index (χ1v) is 8.62. The second-order valence-corrected chi connectivity index (χ2v) is 7.54. The average Bonchev–Trinajstić information content (AvgIpc) is 2.50. The van der Waals surface area contributed by atoms with E-state index in [9.17, 15) is 22.9 Å². The zero-order valence-corrected chi connectivity index (χ0v) is 14.3. The van der Waals surface area contributed by atoms with Crippen LogP contribution in [0.15, 0.2) is 12.1 Å². The van der Waals surface area contributed by atoms with Crippen molar-refractivity contribution >= 4 is 23.1 Å². The molecule has 8 heteroatoms. The van der Waals surface area contributed by atoms with Gasteiger partial charge in [-0.3, -0.25) is 4.79 Å². The summed E-state index contributed by atoms with van der Waals surface area (Å²) in [5, 5.41) is 5.52. The molecule has 5 nitrogen and oxygen atoms in total. The molecule has 0 unspecified atom stereocenters. The van der Waals surface area contributed by atoms with Crippen LogP contribution in [0.4, 0.5) is 8.78 Å². The second-order valence-electron chi connectivity index (χ2n) is 5.92. The highest BCUT2D eigenvalue weighted by Gasteiger charge is 2.49. The molecule has 132 valence electrons. The van der Waals surface area contributed by atoms with E-state index >= 15 is 0 Å². The van der Waals surface area contributed by atoms with Gasteiger partial charge in [0.25, 0.3) is 0 Å². The summed E-state index contributed by atoms with van der Waals surface area (Å²) < 4.78 is 42.3. The lowest BCUT2D eigenvalue weighted by molar-refractivity contribution is -0.120. The van der Waals surface area contributed by atoms with E-state index in [0.29, 0.717) is 16.7 Å². The van der Waals surface area contributed by atoms with Gasteiger partial charge in [0, 0.05) is 12.8 Å². The van der Waals surface area contributed by atoms with Crippen molar-refractivity contribution < 1.29 is 28.0 Å². The lowest BCUT2D eigenvalue weighted by Crippen LogP contribution is -2.47. The largest absolute Gasteiger partial charge is 0.593 e. The van der Waals surface area contributed by atoms with Crippen LogP contribution in [-0.2, 0) is 22.6 Å². The van der Waals surface area contributed by atoms with Crippen molar-refractivity contribution in [2.24, 2.45) is 0 Å². The number of halogens is 2. The van der Waals surface area contributed by atoms with Gasteiger partial charge in [-0.05, 0) is 42.7 Å². The lowest BCUT2D eigenvalue weighted by Gasteiger charge is -2.31. The summed E-state index contributed by atoms with van der Waals surface area (Å²) in [4.78, 5) is 22.2. The fourth-order valence-electron chi connectivity index (χ4n) is 2.75. The number of aromatic carboxylic acids is 1. The molecule has 0 saturated carbocycles. The number of carbonyl (C=O) groups is 2. The third-order valence-corrected chi connectivity index (χ3v) is 5.59. The highest BCUT2D eigenvalue weighted by Crippen LogP contribution is 2.33. The van der Waals surface area contributed by atoms with Gasteiger partial charge in [-0.25, -0.2) is 4.79 Å². The number of Topliss-reactive ketones (excluding diaryl/α,β-unsaturated/α-hetero) is 1. The fourth-order valence-corrected chi connectivity index (χ4v) is 3.91. The number of carbonyl (C=O) groups excluding carboxylic acids is 1. The van der Waals surface area contributed by atoms with Crippen LogP contribution in [0.25, 0.3) is 0 Å². The quantitative estimate of drug-likeness (QED) is 0.817. The van der Waals surface area contributed by atoms with Gasteiger partial charge in [0.15, 0.2) is 0 Å². The number of ketones is 1. The van der Waals surface area contributed by atoms with Gasteiger partial charge in [-0.1, -0.05) is 0 Å². The number of carboxylic acid groups (broad SMARTS) is 1. The molecule has 1 heterocycles. The molecule has 1 aliphatic rings. The van der Waals surface area contributed by atoms with E-state index in [0.717, 1.165) is 4.31 Å². The number of rotatable bonds is 5. The molecule has 0 aromatic heterocycles. The van der Waals surface area contributed by atoms with E-state index < -0.39 is 29.0 Å². The van der Waals surface area contributed by atoms with E-state index in [1.807, 2.05) is 0 Å². The Balaban J connectivity index is 2.19. The molecule has 24 heavy (non-hydrogen) atoms. The van der Waals surface area contributed by atoms with Gasteiger partial charge in [0.1, 0.15) is 17.1 Å². The van der Waals surface area contributed by atoms with Gasteiger partial charge in [0.05, 0.1) is 25.1 Å². The number of nitrogens with zero attached hydrogens (tertiary/aromatic N) is 1. The van der Waals surface area contributed by atoms with Crippen LogP contribution in [0, 0.1) is 13.8 Å². The van der Waals surface area contributed by atoms with Gasteiger partial charge >= 0.3 is 11.2 Å². The first kappa shape index (κ1) is 18.8. The van der Waals surface area contributed by atoms with Crippen LogP contribution in [-0.4, -0.2) is 44.1 Å². The van der Waals surface area contributed by atoms with Crippen molar-refractivity contribution in [2.45, 2.75) is 38.4 Å². The van der Waals surface area contributed by atoms with Gasteiger partial charge in [-0.2, -0.15) is 8.78 Å². The Hall–Kier alpha value is -1.51. The van der Waals surface area contributed by atoms with Crippen LogP contribution >= 0.6 is 0 Å². The lowest BCUT2D eigenvalue weighted by atomic mass is 9.97. The summed E-state index contributed by atoms with van der Waals surface area (Å²) in [6, 6.07) is 2.67. The predicted octanol–water partition coefficient (Wildman–Crippen LogP) is 2.47. The molecule has 0 amide bonds.